The standard InChI is InChI=1S/C20H23N/c1-14-6-5-9-16(10-14)17-11-18(12-17)21-20-13-19(20)15-7-3-2-4-8-15/h2-10,17-21H,11-13H2,1H3. The van der Waals surface area contributed by atoms with Crippen LogP contribution in [0.1, 0.15) is 47.8 Å². The van der Waals surface area contributed by atoms with Crippen molar-refractivity contribution in [3.63, 3.8) is 0 Å². The Morgan fingerprint density at radius 3 is 2.38 bits per heavy atom. The Morgan fingerprint density at radius 2 is 1.62 bits per heavy atom. The number of aryl methyl sites for hydroxylation is 1. The van der Waals surface area contributed by atoms with Crippen molar-refractivity contribution in [3.05, 3.63) is 71.3 Å². The summed E-state index contributed by atoms with van der Waals surface area (Å²) in [6.07, 6.45) is 3.93. The summed E-state index contributed by atoms with van der Waals surface area (Å²) >= 11 is 0. The van der Waals surface area contributed by atoms with Gasteiger partial charge in [0.15, 0.2) is 0 Å². The van der Waals surface area contributed by atoms with Crippen LogP contribution in [0.2, 0.25) is 0 Å². The predicted molar refractivity (Wildman–Crippen MR) is 87.7 cm³/mol. The van der Waals surface area contributed by atoms with Crippen molar-refractivity contribution in [2.24, 2.45) is 0 Å². The Labute approximate surface area is 127 Å². The van der Waals surface area contributed by atoms with E-state index in [1.54, 1.807) is 0 Å². The molecular weight excluding hydrogens is 254 g/mol. The van der Waals surface area contributed by atoms with E-state index in [-0.39, 0.29) is 0 Å². The Morgan fingerprint density at radius 1 is 0.857 bits per heavy atom. The van der Waals surface area contributed by atoms with Gasteiger partial charge in [-0.1, -0.05) is 60.2 Å². The summed E-state index contributed by atoms with van der Waals surface area (Å²) in [5, 5.41) is 3.85. The highest BCUT2D eigenvalue weighted by atomic mass is 15.0. The molecule has 2 atom stereocenters. The Bertz CT molecular complexity index is 613. The molecule has 0 aromatic heterocycles. The summed E-state index contributed by atoms with van der Waals surface area (Å²) in [6.45, 7) is 2.19. The van der Waals surface area contributed by atoms with Gasteiger partial charge in [0.25, 0.3) is 0 Å². The van der Waals surface area contributed by atoms with Crippen LogP contribution in [0.25, 0.3) is 0 Å². The monoisotopic (exact) mass is 277 g/mol. The maximum absolute atomic E-state index is 3.85. The molecule has 0 radical (unpaired) electrons. The first kappa shape index (κ1) is 13.1. The zero-order valence-corrected chi connectivity index (χ0v) is 12.6. The van der Waals surface area contributed by atoms with Crippen molar-refractivity contribution in [1.82, 2.24) is 5.32 Å². The van der Waals surface area contributed by atoms with Crippen LogP contribution in [-0.2, 0) is 0 Å². The molecule has 2 unspecified atom stereocenters. The number of hydrogen-bond donors (Lipinski definition) is 1. The van der Waals surface area contributed by atoms with Crippen LogP contribution >= 0.6 is 0 Å². The molecule has 1 N–H and O–H groups in total. The van der Waals surface area contributed by atoms with E-state index in [9.17, 15) is 0 Å². The van der Waals surface area contributed by atoms with Gasteiger partial charge in [-0.2, -0.15) is 0 Å². The van der Waals surface area contributed by atoms with Gasteiger partial charge in [0.1, 0.15) is 0 Å². The van der Waals surface area contributed by atoms with E-state index in [1.807, 2.05) is 0 Å². The van der Waals surface area contributed by atoms with Gasteiger partial charge in [-0.15, -0.1) is 0 Å². The molecule has 0 bridgehead atoms. The number of benzene rings is 2. The third-order valence-electron chi connectivity index (χ3n) is 5.12. The summed E-state index contributed by atoms with van der Waals surface area (Å²) in [6, 6.07) is 21.4. The molecule has 2 aliphatic rings. The molecule has 0 spiro atoms. The van der Waals surface area contributed by atoms with Gasteiger partial charge in [-0.25, -0.2) is 0 Å². The minimum Gasteiger partial charge on any atom is -0.311 e. The van der Waals surface area contributed by atoms with Crippen LogP contribution in [0, 0.1) is 6.92 Å². The van der Waals surface area contributed by atoms with Crippen molar-refractivity contribution in [1.29, 1.82) is 0 Å². The van der Waals surface area contributed by atoms with E-state index in [4.69, 9.17) is 0 Å². The third kappa shape index (κ3) is 2.75. The van der Waals surface area contributed by atoms with Crippen molar-refractivity contribution in [2.75, 3.05) is 0 Å². The van der Waals surface area contributed by atoms with E-state index >= 15 is 0 Å². The van der Waals surface area contributed by atoms with Gasteiger partial charge >= 0.3 is 0 Å². The smallest absolute Gasteiger partial charge is 0.0145 e. The molecule has 2 saturated carbocycles. The average molecular weight is 277 g/mol. The molecule has 108 valence electrons. The number of nitrogens with one attached hydrogen (secondary N) is 1. The van der Waals surface area contributed by atoms with Gasteiger partial charge in [0, 0.05) is 18.0 Å². The molecule has 21 heavy (non-hydrogen) atoms. The first-order valence-electron chi connectivity index (χ1n) is 8.17. The fraction of sp³-hybridized carbons (Fsp3) is 0.400. The number of rotatable bonds is 4. The lowest BCUT2D eigenvalue weighted by molar-refractivity contribution is 0.287. The van der Waals surface area contributed by atoms with Crippen LogP contribution in [0.4, 0.5) is 0 Å². The molecule has 2 aromatic rings. The Kier molecular flexibility index (Phi) is 3.31. The lowest BCUT2D eigenvalue weighted by Gasteiger charge is -2.37. The zero-order valence-electron chi connectivity index (χ0n) is 12.6. The molecular formula is C20H23N. The molecule has 2 aromatic carbocycles. The second-order valence-electron chi connectivity index (χ2n) is 6.81. The van der Waals surface area contributed by atoms with Crippen molar-refractivity contribution >= 4 is 0 Å². The molecule has 4 rings (SSSR count). The second kappa shape index (κ2) is 5.31. The lowest BCUT2D eigenvalue weighted by Crippen LogP contribution is -2.41. The summed E-state index contributed by atoms with van der Waals surface area (Å²) in [4.78, 5) is 0. The van der Waals surface area contributed by atoms with E-state index in [2.05, 4.69) is 66.8 Å². The van der Waals surface area contributed by atoms with Crippen LogP contribution in [0.5, 0.6) is 0 Å². The third-order valence-corrected chi connectivity index (χ3v) is 5.12. The summed E-state index contributed by atoms with van der Waals surface area (Å²) < 4.78 is 0. The van der Waals surface area contributed by atoms with Gasteiger partial charge in [-0.3, -0.25) is 0 Å². The minimum absolute atomic E-state index is 0.718. The van der Waals surface area contributed by atoms with Crippen molar-refractivity contribution in [2.45, 2.75) is 50.1 Å². The van der Waals surface area contributed by atoms with E-state index in [0.29, 0.717) is 0 Å². The molecule has 0 amide bonds. The summed E-state index contributed by atoms with van der Waals surface area (Å²) in [5.41, 5.74) is 4.42. The van der Waals surface area contributed by atoms with Gasteiger partial charge < -0.3 is 5.32 Å². The summed E-state index contributed by atoms with van der Waals surface area (Å²) in [5.74, 6) is 1.53. The zero-order chi connectivity index (χ0) is 14.2. The fourth-order valence-electron chi connectivity index (χ4n) is 3.70. The van der Waals surface area contributed by atoms with E-state index in [1.165, 1.54) is 36.0 Å². The van der Waals surface area contributed by atoms with E-state index < -0.39 is 0 Å². The van der Waals surface area contributed by atoms with Crippen LogP contribution < -0.4 is 5.32 Å². The molecule has 2 aliphatic carbocycles. The highest BCUT2D eigenvalue weighted by Gasteiger charge is 2.42. The molecule has 1 heteroatoms. The number of hydrogen-bond acceptors (Lipinski definition) is 1. The van der Waals surface area contributed by atoms with Crippen LogP contribution in [0.3, 0.4) is 0 Å². The second-order valence-corrected chi connectivity index (χ2v) is 6.81. The maximum Gasteiger partial charge on any atom is 0.0145 e. The van der Waals surface area contributed by atoms with Crippen LogP contribution in [0.15, 0.2) is 54.6 Å². The first-order valence-corrected chi connectivity index (χ1v) is 8.17. The Hall–Kier alpha value is -1.60. The molecule has 1 nitrogen and oxygen atoms in total. The molecule has 2 fully saturated rings. The van der Waals surface area contributed by atoms with Gasteiger partial charge in [-0.05, 0) is 43.2 Å². The molecule has 0 heterocycles. The minimum atomic E-state index is 0.718. The normalized spacial score (nSPS) is 30.7. The quantitative estimate of drug-likeness (QED) is 0.874. The van der Waals surface area contributed by atoms with E-state index in [0.717, 1.165) is 23.9 Å². The van der Waals surface area contributed by atoms with Crippen molar-refractivity contribution in [3.8, 4) is 0 Å². The molecule has 0 aliphatic heterocycles. The maximum atomic E-state index is 3.85. The van der Waals surface area contributed by atoms with Crippen molar-refractivity contribution < 1.29 is 0 Å². The van der Waals surface area contributed by atoms with Gasteiger partial charge in [0.2, 0.25) is 0 Å². The SMILES string of the molecule is Cc1cccc(C2CC(NC3CC3c3ccccc3)C2)c1. The van der Waals surface area contributed by atoms with Gasteiger partial charge in [0.05, 0.1) is 0 Å². The highest BCUT2D eigenvalue weighted by Crippen LogP contribution is 2.44. The van der Waals surface area contributed by atoms with Crippen LogP contribution in [-0.4, -0.2) is 12.1 Å². The fourth-order valence-corrected chi connectivity index (χ4v) is 3.70. The largest absolute Gasteiger partial charge is 0.311 e. The predicted octanol–water partition coefficient (Wildman–Crippen LogP) is 4.39. The average Bonchev–Trinajstić information content (AvgIpc) is 3.23. The first-order chi connectivity index (χ1) is 10.3. The highest BCUT2D eigenvalue weighted by molar-refractivity contribution is 5.30. The molecule has 0 saturated heterocycles. The topological polar surface area (TPSA) is 12.0 Å². The summed E-state index contributed by atoms with van der Waals surface area (Å²) in [7, 11) is 0. The lowest BCUT2D eigenvalue weighted by atomic mass is 9.75. The Balaban J connectivity index is 1.28.